The molecule has 2 aromatic rings. The fourth-order valence-electron chi connectivity index (χ4n) is 1.63. The largest absolute Gasteiger partial charge is 0.383 e. The van der Waals surface area contributed by atoms with E-state index in [1.165, 1.54) is 10.9 Å². The van der Waals surface area contributed by atoms with Crippen molar-refractivity contribution in [3.05, 3.63) is 42.1 Å². The molecule has 1 N–H and O–H groups in total. The summed E-state index contributed by atoms with van der Waals surface area (Å²) in [5.41, 5.74) is 2.30. The zero-order valence-corrected chi connectivity index (χ0v) is 9.44. The summed E-state index contributed by atoms with van der Waals surface area (Å²) in [5.74, 6) is 0. The van der Waals surface area contributed by atoms with Gasteiger partial charge in [-0.15, -0.1) is 0 Å². The van der Waals surface area contributed by atoms with Crippen molar-refractivity contribution in [2.24, 2.45) is 0 Å². The van der Waals surface area contributed by atoms with Crippen molar-refractivity contribution >= 4 is 10.9 Å². The maximum atomic E-state index is 4.98. The highest BCUT2D eigenvalue weighted by Crippen LogP contribution is 2.12. The zero-order chi connectivity index (χ0) is 11.2. The van der Waals surface area contributed by atoms with E-state index in [-0.39, 0.29) is 0 Å². The molecule has 0 aliphatic heterocycles. The van der Waals surface area contributed by atoms with Crippen LogP contribution in [0.1, 0.15) is 5.56 Å². The van der Waals surface area contributed by atoms with Crippen LogP contribution in [0.2, 0.25) is 0 Å². The van der Waals surface area contributed by atoms with Crippen molar-refractivity contribution in [2.75, 3.05) is 20.3 Å². The van der Waals surface area contributed by atoms with Gasteiger partial charge in [0, 0.05) is 31.8 Å². The lowest BCUT2D eigenvalue weighted by Gasteiger charge is -2.05. The molecule has 0 saturated heterocycles. The van der Waals surface area contributed by atoms with Gasteiger partial charge >= 0.3 is 0 Å². The van der Waals surface area contributed by atoms with Crippen LogP contribution in [0.5, 0.6) is 0 Å². The van der Waals surface area contributed by atoms with Crippen molar-refractivity contribution < 1.29 is 4.74 Å². The predicted octanol–water partition coefficient (Wildman–Crippen LogP) is 1.97. The standard InChI is InChI=1S/C13H16N2O/c1-16-8-7-14-10-11-4-5-12-3-2-6-15-13(12)9-11/h2-6,9,14H,7-8,10H2,1H3. The number of nitrogens with one attached hydrogen (secondary N) is 1. The molecule has 3 nitrogen and oxygen atoms in total. The average Bonchev–Trinajstić information content (AvgIpc) is 2.34. The Labute approximate surface area is 95.5 Å². The average molecular weight is 216 g/mol. The molecule has 1 heterocycles. The molecule has 3 heteroatoms. The first-order valence-corrected chi connectivity index (χ1v) is 5.43. The van der Waals surface area contributed by atoms with Gasteiger partial charge in [0.1, 0.15) is 0 Å². The quantitative estimate of drug-likeness (QED) is 0.776. The topological polar surface area (TPSA) is 34.1 Å². The molecule has 0 amide bonds. The number of pyridine rings is 1. The summed E-state index contributed by atoms with van der Waals surface area (Å²) in [4.78, 5) is 4.33. The third-order valence-corrected chi connectivity index (χ3v) is 2.48. The normalized spacial score (nSPS) is 10.8. The lowest BCUT2D eigenvalue weighted by molar-refractivity contribution is 0.199. The maximum Gasteiger partial charge on any atom is 0.0705 e. The van der Waals surface area contributed by atoms with Crippen LogP contribution in [0.15, 0.2) is 36.5 Å². The summed E-state index contributed by atoms with van der Waals surface area (Å²) in [6.07, 6.45) is 1.82. The van der Waals surface area contributed by atoms with Gasteiger partial charge in [0.15, 0.2) is 0 Å². The fourth-order valence-corrected chi connectivity index (χ4v) is 1.63. The molecule has 0 bridgehead atoms. The first kappa shape index (κ1) is 11.0. The number of nitrogens with zero attached hydrogens (tertiary/aromatic N) is 1. The minimum absolute atomic E-state index is 0.742. The zero-order valence-electron chi connectivity index (χ0n) is 9.44. The highest BCUT2D eigenvalue weighted by Gasteiger charge is 1.96. The van der Waals surface area contributed by atoms with E-state index in [1.807, 2.05) is 12.3 Å². The van der Waals surface area contributed by atoms with E-state index in [4.69, 9.17) is 4.74 Å². The molecule has 0 atom stereocenters. The van der Waals surface area contributed by atoms with Crippen LogP contribution < -0.4 is 5.32 Å². The highest BCUT2D eigenvalue weighted by atomic mass is 16.5. The Morgan fingerprint density at radius 3 is 3.12 bits per heavy atom. The molecule has 0 unspecified atom stereocenters. The van der Waals surface area contributed by atoms with Gasteiger partial charge in [-0.2, -0.15) is 0 Å². The van der Waals surface area contributed by atoms with Crippen LogP contribution in [-0.4, -0.2) is 25.2 Å². The first-order chi connectivity index (χ1) is 7.90. The Balaban J connectivity index is 2.02. The number of hydrogen-bond acceptors (Lipinski definition) is 3. The van der Waals surface area contributed by atoms with Gasteiger partial charge in [0.05, 0.1) is 12.1 Å². The maximum absolute atomic E-state index is 4.98. The first-order valence-electron chi connectivity index (χ1n) is 5.43. The molecule has 1 aromatic heterocycles. The molecule has 16 heavy (non-hydrogen) atoms. The minimum Gasteiger partial charge on any atom is -0.383 e. The fraction of sp³-hybridized carbons (Fsp3) is 0.308. The number of methoxy groups -OCH3 is 1. The molecule has 0 aliphatic rings. The molecule has 0 aliphatic carbocycles. The van der Waals surface area contributed by atoms with Gasteiger partial charge in [-0.3, -0.25) is 4.98 Å². The van der Waals surface area contributed by atoms with Crippen LogP contribution in [0, 0.1) is 0 Å². The monoisotopic (exact) mass is 216 g/mol. The molecule has 0 spiro atoms. The smallest absolute Gasteiger partial charge is 0.0705 e. The third kappa shape index (κ3) is 2.78. The number of benzene rings is 1. The number of aromatic nitrogens is 1. The number of fused-ring (bicyclic) bond motifs is 1. The summed E-state index contributed by atoms with van der Waals surface area (Å²) < 4.78 is 4.98. The third-order valence-electron chi connectivity index (χ3n) is 2.48. The number of ether oxygens (including phenoxy) is 1. The van der Waals surface area contributed by atoms with Crippen LogP contribution >= 0.6 is 0 Å². The predicted molar refractivity (Wildman–Crippen MR) is 65.3 cm³/mol. The van der Waals surface area contributed by atoms with Crippen LogP contribution in [0.25, 0.3) is 10.9 Å². The molecule has 0 saturated carbocycles. The van der Waals surface area contributed by atoms with E-state index in [1.54, 1.807) is 7.11 Å². The van der Waals surface area contributed by atoms with Crippen molar-refractivity contribution in [2.45, 2.75) is 6.54 Å². The summed E-state index contributed by atoms with van der Waals surface area (Å²) in [6, 6.07) is 10.4. The highest BCUT2D eigenvalue weighted by molar-refractivity contribution is 5.78. The van der Waals surface area contributed by atoms with Gasteiger partial charge in [-0.05, 0) is 17.7 Å². The second kappa shape index (κ2) is 5.58. The number of rotatable bonds is 5. The summed E-state index contributed by atoms with van der Waals surface area (Å²) in [5, 5.41) is 4.50. The molecule has 2 rings (SSSR count). The van der Waals surface area contributed by atoms with Crippen molar-refractivity contribution in [1.29, 1.82) is 0 Å². The molecule has 1 aromatic carbocycles. The van der Waals surface area contributed by atoms with E-state index in [0.717, 1.165) is 25.2 Å². The van der Waals surface area contributed by atoms with Crippen molar-refractivity contribution in [3.8, 4) is 0 Å². The second-order valence-electron chi connectivity index (χ2n) is 3.70. The van der Waals surface area contributed by atoms with Gasteiger partial charge in [-0.25, -0.2) is 0 Å². The van der Waals surface area contributed by atoms with Crippen LogP contribution in [-0.2, 0) is 11.3 Å². The minimum atomic E-state index is 0.742. The van der Waals surface area contributed by atoms with Gasteiger partial charge in [0.2, 0.25) is 0 Å². The van der Waals surface area contributed by atoms with E-state index in [0.29, 0.717) is 0 Å². The Hall–Kier alpha value is -1.45. The SMILES string of the molecule is COCCNCc1ccc2cccnc2c1. The van der Waals surface area contributed by atoms with Gasteiger partial charge < -0.3 is 10.1 Å². The van der Waals surface area contributed by atoms with E-state index in [9.17, 15) is 0 Å². The van der Waals surface area contributed by atoms with E-state index in [2.05, 4.69) is 34.6 Å². The summed E-state index contributed by atoms with van der Waals surface area (Å²) in [7, 11) is 1.71. The summed E-state index contributed by atoms with van der Waals surface area (Å²) in [6.45, 7) is 2.47. The van der Waals surface area contributed by atoms with E-state index >= 15 is 0 Å². The molecule has 0 fully saturated rings. The lowest BCUT2D eigenvalue weighted by atomic mass is 10.1. The molecule has 84 valence electrons. The second-order valence-corrected chi connectivity index (χ2v) is 3.70. The van der Waals surface area contributed by atoms with Crippen LogP contribution in [0.3, 0.4) is 0 Å². The van der Waals surface area contributed by atoms with Gasteiger partial charge in [0.25, 0.3) is 0 Å². The van der Waals surface area contributed by atoms with Crippen molar-refractivity contribution in [3.63, 3.8) is 0 Å². The Morgan fingerprint density at radius 1 is 1.31 bits per heavy atom. The van der Waals surface area contributed by atoms with Crippen molar-refractivity contribution in [1.82, 2.24) is 10.3 Å². The number of hydrogen-bond donors (Lipinski definition) is 1. The van der Waals surface area contributed by atoms with Gasteiger partial charge in [-0.1, -0.05) is 18.2 Å². The Bertz CT molecular complexity index is 456. The Kier molecular flexibility index (Phi) is 3.86. The Morgan fingerprint density at radius 2 is 2.25 bits per heavy atom. The molecular weight excluding hydrogens is 200 g/mol. The lowest BCUT2D eigenvalue weighted by Crippen LogP contribution is -2.18. The molecule has 0 radical (unpaired) electrons. The van der Waals surface area contributed by atoms with Crippen LogP contribution in [0.4, 0.5) is 0 Å². The van der Waals surface area contributed by atoms with E-state index < -0.39 is 0 Å². The summed E-state index contributed by atoms with van der Waals surface area (Å²) >= 11 is 0. The molecular formula is C13H16N2O.